The van der Waals surface area contributed by atoms with E-state index in [4.69, 9.17) is 0 Å². The van der Waals surface area contributed by atoms with Crippen molar-refractivity contribution in [2.75, 3.05) is 15.5 Å². The summed E-state index contributed by atoms with van der Waals surface area (Å²) in [6.45, 7) is 6.73. The molecule has 0 aliphatic heterocycles. The third-order valence-corrected chi connectivity index (χ3v) is 8.39. The maximum Gasteiger partial charge on any atom is 0.0463 e. The van der Waals surface area contributed by atoms with E-state index in [0.717, 1.165) is 59.1 Å². The standard InChI is InChI=1S/C42H49N3/c1-4-7-10-33-13-19-36(20-14-33)43-38-23-29-41(30-24-38)45(40-27-17-35(18-28-40)12-9-6-3)42-31-25-39(26-32-42)44-37-21-15-34(16-22-37)11-8-5-2/h13-32,43-44H,4-12H2,1-3H3. The number of unbranched alkanes of at least 4 members (excludes halogenated alkanes) is 3. The van der Waals surface area contributed by atoms with Crippen molar-refractivity contribution >= 4 is 39.8 Å². The molecule has 0 aliphatic rings. The Balaban J connectivity index is 1.34. The molecule has 0 amide bonds. The van der Waals surface area contributed by atoms with E-state index in [2.05, 4.69) is 158 Å². The van der Waals surface area contributed by atoms with Gasteiger partial charge < -0.3 is 15.5 Å². The molecule has 45 heavy (non-hydrogen) atoms. The van der Waals surface area contributed by atoms with Crippen LogP contribution in [0.15, 0.2) is 121 Å². The molecule has 0 unspecified atom stereocenters. The summed E-state index contributed by atoms with van der Waals surface area (Å²) < 4.78 is 0. The van der Waals surface area contributed by atoms with E-state index in [0.29, 0.717) is 0 Å². The molecule has 3 heteroatoms. The minimum atomic E-state index is 1.08. The highest BCUT2D eigenvalue weighted by atomic mass is 15.1. The van der Waals surface area contributed by atoms with Gasteiger partial charge in [-0.15, -0.1) is 0 Å². The summed E-state index contributed by atoms with van der Waals surface area (Å²) in [5, 5.41) is 7.15. The first-order valence-electron chi connectivity index (χ1n) is 17.0. The van der Waals surface area contributed by atoms with E-state index in [1.54, 1.807) is 0 Å². The number of hydrogen-bond donors (Lipinski definition) is 2. The number of nitrogens with one attached hydrogen (secondary N) is 2. The zero-order chi connectivity index (χ0) is 31.3. The molecule has 0 atom stereocenters. The van der Waals surface area contributed by atoms with E-state index < -0.39 is 0 Å². The van der Waals surface area contributed by atoms with E-state index in [1.807, 2.05) is 0 Å². The molecule has 0 bridgehead atoms. The summed E-state index contributed by atoms with van der Waals surface area (Å²) in [6, 6.07) is 44.2. The largest absolute Gasteiger partial charge is 0.356 e. The fourth-order valence-corrected chi connectivity index (χ4v) is 5.63. The van der Waals surface area contributed by atoms with Crippen LogP contribution in [0.3, 0.4) is 0 Å². The number of benzene rings is 5. The van der Waals surface area contributed by atoms with Crippen LogP contribution in [-0.4, -0.2) is 0 Å². The third kappa shape index (κ3) is 9.25. The van der Waals surface area contributed by atoms with Gasteiger partial charge in [-0.25, -0.2) is 0 Å². The van der Waals surface area contributed by atoms with Crippen molar-refractivity contribution in [2.24, 2.45) is 0 Å². The molecule has 5 rings (SSSR count). The minimum absolute atomic E-state index is 1.08. The van der Waals surface area contributed by atoms with E-state index in [1.165, 1.54) is 55.2 Å². The molecule has 2 N–H and O–H groups in total. The Labute approximate surface area is 271 Å². The van der Waals surface area contributed by atoms with Gasteiger partial charge in [-0.2, -0.15) is 0 Å². The monoisotopic (exact) mass is 595 g/mol. The van der Waals surface area contributed by atoms with E-state index >= 15 is 0 Å². The summed E-state index contributed by atoms with van der Waals surface area (Å²) in [6.07, 6.45) is 10.7. The maximum atomic E-state index is 3.58. The van der Waals surface area contributed by atoms with Crippen molar-refractivity contribution in [3.05, 3.63) is 138 Å². The second-order valence-electron chi connectivity index (χ2n) is 12.1. The van der Waals surface area contributed by atoms with Crippen LogP contribution in [0.2, 0.25) is 0 Å². The van der Waals surface area contributed by atoms with Crippen molar-refractivity contribution in [2.45, 2.75) is 78.6 Å². The molecule has 0 radical (unpaired) electrons. The Morgan fingerprint density at radius 1 is 0.356 bits per heavy atom. The molecule has 5 aromatic carbocycles. The van der Waals surface area contributed by atoms with Gasteiger partial charge in [0, 0.05) is 39.8 Å². The van der Waals surface area contributed by atoms with Crippen molar-refractivity contribution < 1.29 is 0 Å². The van der Waals surface area contributed by atoms with Gasteiger partial charge >= 0.3 is 0 Å². The van der Waals surface area contributed by atoms with Gasteiger partial charge in [-0.1, -0.05) is 76.4 Å². The second-order valence-corrected chi connectivity index (χ2v) is 12.1. The highest BCUT2D eigenvalue weighted by Gasteiger charge is 2.13. The van der Waals surface area contributed by atoms with Gasteiger partial charge in [-0.3, -0.25) is 0 Å². The molecule has 0 aliphatic carbocycles. The molecule has 5 aromatic rings. The Morgan fingerprint density at radius 2 is 0.600 bits per heavy atom. The van der Waals surface area contributed by atoms with E-state index in [9.17, 15) is 0 Å². The lowest BCUT2D eigenvalue weighted by Crippen LogP contribution is -2.10. The van der Waals surface area contributed by atoms with Gasteiger partial charge in [0.15, 0.2) is 0 Å². The zero-order valence-electron chi connectivity index (χ0n) is 27.4. The van der Waals surface area contributed by atoms with Crippen LogP contribution in [-0.2, 0) is 19.3 Å². The summed E-state index contributed by atoms with van der Waals surface area (Å²) >= 11 is 0. The first-order valence-corrected chi connectivity index (χ1v) is 17.0. The van der Waals surface area contributed by atoms with Crippen molar-refractivity contribution in [3.63, 3.8) is 0 Å². The average molecular weight is 596 g/mol. The zero-order valence-corrected chi connectivity index (χ0v) is 27.4. The molecule has 0 fully saturated rings. The lowest BCUT2D eigenvalue weighted by Gasteiger charge is -2.26. The topological polar surface area (TPSA) is 27.3 Å². The average Bonchev–Trinajstić information content (AvgIpc) is 3.09. The van der Waals surface area contributed by atoms with Gasteiger partial charge in [0.25, 0.3) is 0 Å². The van der Waals surface area contributed by atoms with Crippen LogP contribution in [0.1, 0.15) is 76.0 Å². The first kappa shape index (κ1) is 31.9. The Kier molecular flexibility index (Phi) is 11.7. The molecule has 0 heterocycles. The molecule has 0 saturated carbocycles. The van der Waals surface area contributed by atoms with Crippen LogP contribution >= 0.6 is 0 Å². The Morgan fingerprint density at radius 3 is 0.889 bits per heavy atom. The molecule has 232 valence electrons. The fraction of sp³-hybridized carbons (Fsp3) is 0.286. The number of hydrogen-bond acceptors (Lipinski definition) is 3. The van der Waals surface area contributed by atoms with Crippen LogP contribution in [0.5, 0.6) is 0 Å². The minimum Gasteiger partial charge on any atom is -0.356 e. The van der Waals surface area contributed by atoms with Crippen LogP contribution < -0.4 is 15.5 Å². The highest BCUT2D eigenvalue weighted by molar-refractivity contribution is 5.79. The van der Waals surface area contributed by atoms with Crippen LogP contribution in [0.4, 0.5) is 39.8 Å². The smallest absolute Gasteiger partial charge is 0.0463 e. The van der Waals surface area contributed by atoms with Crippen molar-refractivity contribution in [3.8, 4) is 0 Å². The molecule has 0 saturated heterocycles. The molecule has 0 spiro atoms. The number of aryl methyl sites for hydroxylation is 3. The fourth-order valence-electron chi connectivity index (χ4n) is 5.63. The summed E-state index contributed by atoms with van der Waals surface area (Å²) in [5.74, 6) is 0. The second kappa shape index (κ2) is 16.5. The number of nitrogens with zero attached hydrogens (tertiary/aromatic N) is 1. The number of rotatable bonds is 16. The Bertz CT molecular complexity index is 1460. The predicted molar refractivity (Wildman–Crippen MR) is 196 cm³/mol. The highest BCUT2D eigenvalue weighted by Crippen LogP contribution is 2.36. The predicted octanol–water partition coefficient (Wildman–Crippen LogP) is 12.7. The number of anilines is 7. The lowest BCUT2D eigenvalue weighted by atomic mass is 10.1. The van der Waals surface area contributed by atoms with Crippen molar-refractivity contribution in [1.29, 1.82) is 0 Å². The quantitative estimate of drug-likeness (QED) is 0.119. The van der Waals surface area contributed by atoms with Gasteiger partial charge in [0.05, 0.1) is 0 Å². The SMILES string of the molecule is CCCCc1ccc(Nc2ccc(N(c3ccc(CCCC)cc3)c3ccc(Nc4ccc(CCCC)cc4)cc3)cc2)cc1. The molecule has 3 nitrogen and oxygen atoms in total. The normalized spacial score (nSPS) is 10.9. The third-order valence-electron chi connectivity index (χ3n) is 8.39. The first-order chi connectivity index (χ1) is 22.1. The molecular formula is C42H49N3. The summed E-state index contributed by atoms with van der Waals surface area (Å²) in [5.41, 5.74) is 12.0. The van der Waals surface area contributed by atoms with Gasteiger partial charge in [0.1, 0.15) is 0 Å². The van der Waals surface area contributed by atoms with Gasteiger partial charge in [-0.05, 0) is 140 Å². The van der Waals surface area contributed by atoms with E-state index in [-0.39, 0.29) is 0 Å². The lowest BCUT2D eigenvalue weighted by molar-refractivity contribution is 0.795. The molecule has 0 aromatic heterocycles. The van der Waals surface area contributed by atoms with Crippen LogP contribution in [0.25, 0.3) is 0 Å². The molecular weight excluding hydrogens is 546 g/mol. The maximum absolute atomic E-state index is 3.58. The summed E-state index contributed by atoms with van der Waals surface area (Å²) in [4.78, 5) is 2.34. The Hall–Kier alpha value is -4.50. The van der Waals surface area contributed by atoms with Crippen molar-refractivity contribution in [1.82, 2.24) is 0 Å². The van der Waals surface area contributed by atoms with Gasteiger partial charge in [0.2, 0.25) is 0 Å². The van der Waals surface area contributed by atoms with Crippen LogP contribution in [0, 0.1) is 0 Å². The summed E-state index contributed by atoms with van der Waals surface area (Å²) in [7, 11) is 0.